The van der Waals surface area contributed by atoms with Crippen LogP contribution in [0.5, 0.6) is 0 Å². The Morgan fingerprint density at radius 2 is 0.661 bits per heavy atom. The van der Waals surface area contributed by atoms with Crippen LogP contribution in [0.3, 0.4) is 0 Å². The van der Waals surface area contributed by atoms with Gasteiger partial charge in [0.15, 0.2) is 0 Å². The summed E-state index contributed by atoms with van der Waals surface area (Å²) < 4.78 is 5.19. The highest BCUT2D eigenvalue weighted by Gasteiger charge is 2.24. The van der Waals surface area contributed by atoms with Crippen LogP contribution in [0, 0.1) is 0 Å². The number of para-hydroxylation sites is 2. The van der Waals surface area contributed by atoms with Crippen molar-refractivity contribution < 1.29 is 0 Å². The van der Waals surface area contributed by atoms with Crippen LogP contribution in [0.25, 0.3) is 72.7 Å². The fourth-order valence-corrected chi connectivity index (χ4v) is 11.4. The van der Waals surface area contributed by atoms with Crippen LogP contribution in [-0.2, 0) is 0 Å². The molecule has 10 aromatic carbocycles. The maximum absolute atomic E-state index is 2.48. The first-order chi connectivity index (χ1) is 27.8. The monoisotopic (exact) mass is 748 g/mol. The second-order valence-electron chi connectivity index (χ2n) is 14.4. The Morgan fingerprint density at radius 3 is 1.12 bits per heavy atom. The van der Waals surface area contributed by atoms with Gasteiger partial charge in [0.25, 0.3) is 0 Å². The van der Waals surface area contributed by atoms with Gasteiger partial charge in [-0.3, -0.25) is 0 Å². The number of hydrogen-bond donors (Lipinski definition) is 0. The number of anilines is 6. The van der Waals surface area contributed by atoms with E-state index in [2.05, 4.69) is 204 Å². The molecule has 4 heteroatoms. The molecule has 0 amide bonds. The van der Waals surface area contributed by atoms with Crippen LogP contribution in [-0.4, -0.2) is 0 Å². The van der Waals surface area contributed by atoms with Gasteiger partial charge in [0.2, 0.25) is 0 Å². The van der Waals surface area contributed by atoms with E-state index in [9.17, 15) is 0 Å². The fourth-order valence-electron chi connectivity index (χ4n) is 8.95. The third-order valence-corrected chi connectivity index (χ3v) is 13.8. The molecule has 0 aliphatic carbocycles. The average Bonchev–Trinajstić information content (AvgIpc) is 3.84. The summed E-state index contributed by atoms with van der Waals surface area (Å²) in [7, 11) is 0. The number of nitrogens with zero attached hydrogens (tertiary/aromatic N) is 2. The SMILES string of the molecule is c1ccc(N(c2ccc3ccc4c(N(c5ccccc5)c5cccc6c5sc5ccccc56)ccc5ccc2c3c54)c2cccc3c2sc2ccccc23)cc1. The second-order valence-corrected chi connectivity index (χ2v) is 16.5. The first kappa shape index (κ1) is 31.6. The molecular weight excluding hydrogens is 717 g/mol. The van der Waals surface area contributed by atoms with Gasteiger partial charge < -0.3 is 9.80 Å². The highest BCUT2D eigenvalue weighted by molar-refractivity contribution is 7.26. The van der Waals surface area contributed by atoms with Crippen molar-refractivity contribution in [2.24, 2.45) is 0 Å². The molecular formula is C52H32N2S2. The molecule has 2 nitrogen and oxygen atoms in total. The average molecular weight is 749 g/mol. The minimum atomic E-state index is 1.14. The maximum Gasteiger partial charge on any atom is 0.0640 e. The van der Waals surface area contributed by atoms with Gasteiger partial charge >= 0.3 is 0 Å². The molecule has 262 valence electrons. The molecule has 0 aliphatic rings. The normalized spacial score (nSPS) is 11.9. The van der Waals surface area contributed by atoms with E-state index in [1.807, 2.05) is 22.7 Å². The van der Waals surface area contributed by atoms with Crippen LogP contribution in [0.4, 0.5) is 34.1 Å². The molecule has 0 fully saturated rings. The van der Waals surface area contributed by atoms with E-state index < -0.39 is 0 Å². The lowest BCUT2D eigenvalue weighted by molar-refractivity contribution is 1.32. The first-order valence-electron chi connectivity index (χ1n) is 19.0. The van der Waals surface area contributed by atoms with Crippen molar-refractivity contribution in [3.63, 3.8) is 0 Å². The van der Waals surface area contributed by atoms with Gasteiger partial charge in [-0.15, -0.1) is 22.7 Å². The van der Waals surface area contributed by atoms with Gasteiger partial charge in [-0.2, -0.15) is 0 Å². The summed E-state index contributed by atoms with van der Waals surface area (Å²) in [4.78, 5) is 4.95. The smallest absolute Gasteiger partial charge is 0.0640 e. The zero-order valence-corrected chi connectivity index (χ0v) is 31.8. The number of benzene rings is 10. The Labute approximate surface area is 331 Å². The van der Waals surface area contributed by atoms with Crippen molar-refractivity contribution in [3.8, 4) is 0 Å². The standard InChI is InChI=1S/C52H32N2S2/c1-3-13-35(14-4-1)53(45-21-11-19-39-37-17-7-9-23-47(37)55-51(39)45)43-31-27-33-26-30-42-44(32-28-34-25-29-41(43)49(33)50(34)42)54(36-15-5-2-6-16-36)46-22-12-20-40-38-18-8-10-24-48(38)56-52(40)46/h1-32H. The van der Waals surface area contributed by atoms with Gasteiger partial charge in [0.1, 0.15) is 0 Å². The van der Waals surface area contributed by atoms with Gasteiger partial charge in [0.05, 0.1) is 32.1 Å². The van der Waals surface area contributed by atoms with Crippen molar-refractivity contribution in [3.05, 3.63) is 194 Å². The molecule has 56 heavy (non-hydrogen) atoms. The Hall–Kier alpha value is -6.72. The summed E-state index contributed by atoms with van der Waals surface area (Å²) in [5, 5.41) is 12.7. The van der Waals surface area contributed by atoms with Crippen LogP contribution in [0.1, 0.15) is 0 Å². The van der Waals surface area contributed by atoms with Crippen LogP contribution >= 0.6 is 22.7 Å². The molecule has 0 aliphatic heterocycles. The summed E-state index contributed by atoms with van der Waals surface area (Å²) in [6.07, 6.45) is 0. The molecule has 2 heterocycles. The Bertz CT molecular complexity index is 3210. The van der Waals surface area contributed by atoms with E-state index in [4.69, 9.17) is 0 Å². The lowest BCUT2D eigenvalue weighted by Gasteiger charge is -2.29. The largest absolute Gasteiger partial charge is 0.308 e. The Balaban J connectivity index is 1.13. The molecule has 0 radical (unpaired) electrons. The van der Waals surface area contributed by atoms with Gasteiger partial charge in [0, 0.05) is 53.1 Å². The molecule has 0 saturated carbocycles. The van der Waals surface area contributed by atoms with E-state index in [-0.39, 0.29) is 0 Å². The lowest BCUT2D eigenvalue weighted by atomic mass is 9.91. The number of hydrogen-bond acceptors (Lipinski definition) is 4. The Morgan fingerprint density at radius 1 is 0.268 bits per heavy atom. The summed E-state index contributed by atoms with van der Waals surface area (Å²) in [5.41, 5.74) is 7.00. The van der Waals surface area contributed by atoms with Crippen molar-refractivity contribution in [2.45, 2.75) is 0 Å². The molecule has 12 rings (SSSR count). The van der Waals surface area contributed by atoms with Crippen molar-refractivity contribution in [2.75, 3.05) is 9.80 Å². The highest BCUT2D eigenvalue weighted by Crippen LogP contribution is 2.51. The quantitative estimate of drug-likeness (QED) is 0.156. The number of thiophene rings is 2. The number of fused-ring (bicyclic) bond motifs is 6. The summed E-state index contributed by atoms with van der Waals surface area (Å²) in [6.45, 7) is 0. The Kier molecular flexibility index (Phi) is 7.00. The van der Waals surface area contributed by atoms with E-state index in [1.165, 1.54) is 95.4 Å². The minimum Gasteiger partial charge on any atom is -0.308 e. The minimum absolute atomic E-state index is 1.14. The van der Waals surface area contributed by atoms with Crippen LogP contribution in [0.15, 0.2) is 194 Å². The molecule has 0 N–H and O–H groups in total. The van der Waals surface area contributed by atoms with Gasteiger partial charge in [-0.25, -0.2) is 0 Å². The van der Waals surface area contributed by atoms with Crippen molar-refractivity contribution >= 4 is 129 Å². The van der Waals surface area contributed by atoms with E-state index >= 15 is 0 Å². The predicted octanol–water partition coefficient (Wildman–Crippen LogP) is 16.3. The summed E-state index contributed by atoms with van der Waals surface area (Å²) in [5.74, 6) is 0. The molecule has 0 spiro atoms. The molecule has 2 aromatic heterocycles. The predicted molar refractivity (Wildman–Crippen MR) is 245 cm³/mol. The molecule has 0 unspecified atom stereocenters. The maximum atomic E-state index is 2.48. The van der Waals surface area contributed by atoms with Crippen molar-refractivity contribution in [1.82, 2.24) is 0 Å². The zero-order chi connectivity index (χ0) is 36.7. The number of rotatable bonds is 6. The van der Waals surface area contributed by atoms with E-state index in [0.29, 0.717) is 0 Å². The topological polar surface area (TPSA) is 6.48 Å². The molecule has 0 saturated heterocycles. The zero-order valence-electron chi connectivity index (χ0n) is 30.2. The third kappa shape index (κ3) is 4.67. The van der Waals surface area contributed by atoms with E-state index in [0.717, 1.165) is 11.4 Å². The fraction of sp³-hybridized carbons (Fsp3) is 0. The first-order valence-corrected chi connectivity index (χ1v) is 20.6. The summed E-state index contributed by atoms with van der Waals surface area (Å²) in [6, 6.07) is 71.4. The molecule has 0 bridgehead atoms. The molecule has 0 atom stereocenters. The lowest BCUT2D eigenvalue weighted by Crippen LogP contribution is -2.11. The van der Waals surface area contributed by atoms with Crippen molar-refractivity contribution in [1.29, 1.82) is 0 Å². The van der Waals surface area contributed by atoms with Gasteiger partial charge in [-0.1, -0.05) is 133 Å². The third-order valence-electron chi connectivity index (χ3n) is 11.4. The van der Waals surface area contributed by atoms with E-state index in [1.54, 1.807) is 0 Å². The highest BCUT2D eigenvalue weighted by atomic mass is 32.1. The molecule has 12 aromatic rings. The van der Waals surface area contributed by atoms with Crippen LogP contribution in [0.2, 0.25) is 0 Å². The second kappa shape index (κ2) is 12.4. The summed E-state index contributed by atoms with van der Waals surface area (Å²) >= 11 is 3.75. The van der Waals surface area contributed by atoms with Gasteiger partial charge in [-0.05, 0) is 82.2 Å². The van der Waals surface area contributed by atoms with Crippen LogP contribution < -0.4 is 9.80 Å².